The predicted octanol–water partition coefficient (Wildman–Crippen LogP) is 3.90. The molecule has 0 radical (unpaired) electrons. The van der Waals surface area contributed by atoms with Crippen LogP contribution in [0.3, 0.4) is 0 Å². The van der Waals surface area contributed by atoms with Crippen molar-refractivity contribution in [3.8, 4) is 0 Å². The van der Waals surface area contributed by atoms with Crippen LogP contribution < -0.4 is 0 Å². The Bertz CT molecular complexity index is 466. The quantitative estimate of drug-likeness (QED) is 0.797. The fourth-order valence-corrected chi connectivity index (χ4v) is 2.90. The van der Waals surface area contributed by atoms with E-state index in [-0.39, 0.29) is 23.5 Å². The number of hydrogen-bond acceptors (Lipinski definition) is 1. The summed E-state index contributed by atoms with van der Waals surface area (Å²) in [6, 6.07) is 3.40. The molecular formula is C15H18F2O. The van der Waals surface area contributed by atoms with Gasteiger partial charge in [0.15, 0.2) is 0 Å². The Balaban J connectivity index is 2.12. The molecule has 18 heavy (non-hydrogen) atoms. The average Bonchev–Trinajstić information content (AvgIpc) is 2.62. The number of Topliss-reactive ketones (excluding diaryl/α,β-unsaturated/α-hetero) is 1. The topological polar surface area (TPSA) is 17.1 Å². The molecule has 1 saturated carbocycles. The van der Waals surface area contributed by atoms with Gasteiger partial charge in [-0.05, 0) is 29.9 Å². The molecule has 0 saturated heterocycles. The van der Waals surface area contributed by atoms with Crippen LogP contribution in [0.2, 0.25) is 0 Å². The molecule has 1 aromatic carbocycles. The molecule has 0 amide bonds. The average molecular weight is 252 g/mol. The Hall–Kier alpha value is -1.25. The molecule has 0 bridgehead atoms. The lowest BCUT2D eigenvalue weighted by molar-refractivity contribution is -0.124. The monoisotopic (exact) mass is 252 g/mol. The van der Waals surface area contributed by atoms with Gasteiger partial charge in [-0.15, -0.1) is 0 Å². The van der Waals surface area contributed by atoms with Crippen LogP contribution in [0.1, 0.15) is 38.7 Å². The maximum atomic E-state index is 13.5. The Morgan fingerprint density at radius 3 is 2.67 bits per heavy atom. The van der Waals surface area contributed by atoms with Crippen LogP contribution in [0.4, 0.5) is 8.78 Å². The molecule has 0 heterocycles. The third kappa shape index (κ3) is 2.60. The van der Waals surface area contributed by atoms with Crippen molar-refractivity contribution in [3.63, 3.8) is 0 Å². The van der Waals surface area contributed by atoms with E-state index < -0.39 is 11.6 Å². The zero-order chi connectivity index (χ0) is 13.3. The van der Waals surface area contributed by atoms with Crippen molar-refractivity contribution in [2.75, 3.05) is 0 Å². The smallest absolute Gasteiger partial charge is 0.140 e. The molecule has 1 nitrogen and oxygen atoms in total. The molecule has 0 aliphatic heterocycles. The number of carbonyl (C=O) groups is 1. The molecule has 1 fully saturated rings. The third-order valence-corrected chi connectivity index (χ3v) is 4.03. The standard InChI is InChI=1S/C15H18F2O/c1-15(2)7-3-4-12(15)14(18)8-10-5-6-11(16)9-13(10)17/h5-6,9,12H,3-4,7-8H2,1-2H3. The fraction of sp³-hybridized carbons (Fsp3) is 0.533. The van der Waals surface area contributed by atoms with Gasteiger partial charge in [-0.3, -0.25) is 4.79 Å². The van der Waals surface area contributed by atoms with Crippen molar-refractivity contribution >= 4 is 5.78 Å². The van der Waals surface area contributed by atoms with Crippen LogP contribution in [0.25, 0.3) is 0 Å². The van der Waals surface area contributed by atoms with Gasteiger partial charge in [0.1, 0.15) is 17.4 Å². The first kappa shape index (κ1) is 13.2. The van der Waals surface area contributed by atoms with Crippen molar-refractivity contribution in [1.82, 2.24) is 0 Å². The summed E-state index contributed by atoms with van der Waals surface area (Å²) >= 11 is 0. The number of halogens is 2. The Morgan fingerprint density at radius 2 is 2.11 bits per heavy atom. The third-order valence-electron chi connectivity index (χ3n) is 4.03. The molecule has 1 unspecified atom stereocenters. The summed E-state index contributed by atoms with van der Waals surface area (Å²) in [6.07, 6.45) is 3.04. The van der Waals surface area contributed by atoms with Gasteiger partial charge in [-0.2, -0.15) is 0 Å². The van der Waals surface area contributed by atoms with Gasteiger partial charge < -0.3 is 0 Å². The van der Waals surface area contributed by atoms with Crippen LogP contribution in [-0.2, 0) is 11.2 Å². The molecule has 0 N–H and O–H groups in total. The molecule has 3 heteroatoms. The van der Waals surface area contributed by atoms with Crippen molar-refractivity contribution in [1.29, 1.82) is 0 Å². The van der Waals surface area contributed by atoms with E-state index in [9.17, 15) is 13.6 Å². The zero-order valence-electron chi connectivity index (χ0n) is 10.8. The van der Waals surface area contributed by atoms with E-state index in [0.717, 1.165) is 25.3 Å². The molecule has 0 aromatic heterocycles. The number of carbonyl (C=O) groups excluding carboxylic acids is 1. The second-order valence-corrected chi connectivity index (χ2v) is 5.81. The number of ketones is 1. The lowest BCUT2D eigenvalue weighted by atomic mass is 9.78. The van der Waals surface area contributed by atoms with E-state index in [0.29, 0.717) is 5.56 Å². The van der Waals surface area contributed by atoms with Gasteiger partial charge in [0.25, 0.3) is 0 Å². The first-order chi connectivity index (χ1) is 8.40. The fourth-order valence-electron chi connectivity index (χ4n) is 2.90. The minimum absolute atomic E-state index is 0.00181. The maximum absolute atomic E-state index is 13.5. The van der Waals surface area contributed by atoms with E-state index in [2.05, 4.69) is 13.8 Å². The lowest BCUT2D eigenvalue weighted by Crippen LogP contribution is -2.27. The van der Waals surface area contributed by atoms with Gasteiger partial charge in [-0.25, -0.2) is 8.78 Å². The molecule has 1 aliphatic carbocycles. The van der Waals surface area contributed by atoms with E-state index in [1.165, 1.54) is 12.1 Å². The van der Waals surface area contributed by atoms with E-state index in [4.69, 9.17) is 0 Å². The normalized spacial score (nSPS) is 22.1. The second kappa shape index (κ2) is 4.79. The molecule has 1 atom stereocenters. The van der Waals surface area contributed by atoms with E-state index in [1.54, 1.807) is 0 Å². The van der Waals surface area contributed by atoms with Crippen molar-refractivity contribution in [3.05, 3.63) is 35.4 Å². The SMILES string of the molecule is CC1(C)CCCC1C(=O)Cc1ccc(F)cc1F. The highest BCUT2D eigenvalue weighted by molar-refractivity contribution is 5.84. The largest absolute Gasteiger partial charge is 0.299 e. The molecule has 2 rings (SSSR count). The molecule has 98 valence electrons. The lowest BCUT2D eigenvalue weighted by Gasteiger charge is -2.25. The Labute approximate surface area is 106 Å². The van der Waals surface area contributed by atoms with Crippen LogP contribution in [0.5, 0.6) is 0 Å². The highest BCUT2D eigenvalue weighted by Crippen LogP contribution is 2.43. The summed E-state index contributed by atoms with van der Waals surface area (Å²) in [4.78, 5) is 12.2. The second-order valence-electron chi connectivity index (χ2n) is 5.81. The summed E-state index contributed by atoms with van der Waals surface area (Å²) < 4.78 is 26.3. The highest BCUT2D eigenvalue weighted by Gasteiger charge is 2.38. The molecular weight excluding hydrogens is 234 g/mol. The minimum atomic E-state index is -0.626. The zero-order valence-corrected chi connectivity index (χ0v) is 10.8. The highest BCUT2D eigenvalue weighted by atomic mass is 19.1. The van der Waals surface area contributed by atoms with E-state index >= 15 is 0 Å². The van der Waals surface area contributed by atoms with Crippen molar-refractivity contribution in [2.45, 2.75) is 39.5 Å². The van der Waals surface area contributed by atoms with Gasteiger partial charge in [0, 0.05) is 18.4 Å². The first-order valence-electron chi connectivity index (χ1n) is 6.37. The predicted molar refractivity (Wildman–Crippen MR) is 66.2 cm³/mol. The maximum Gasteiger partial charge on any atom is 0.140 e. The molecule has 0 spiro atoms. The van der Waals surface area contributed by atoms with Gasteiger partial charge in [0.2, 0.25) is 0 Å². The van der Waals surface area contributed by atoms with Crippen LogP contribution in [-0.4, -0.2) is 5.78 Å². The van der Waals surface area contributed by atoms with Crippen molar-refractivity contribution < 1.29 is 13.6 Å². The summed E-state index contributed by atoms with van der Waals surface area (Å²) in [5, 5.41) is 0. The van der Waals surface area contributed by atoms with Gasteiger partial charge >= 0.3 is 0 Å². The molecule has 1 aromatic rings. The van der Waals surface area contributed by atoms with Crippen molar-refractivity contribution in [2.24, 2.45) is 11.3 Å². The van der Waals surface area contributed by atoms with Crippen LogP contribution in [0, 0.1) is 23.0 Å². The van der Waals surface area contributed by atoms with Crippen LogP contribution >= 0.6 is 0 Å². The van der Waals surface area contributed by atoms with Gasteiger partial charge in [-0.1, -0.05) is 26.3 Å². The summed E-state index contributed by atoms with van der Waals surface area (Å²) in [5.74, 6) is -1.16. The Morgan fingerprint density at radius 1 is 1.39 bits per heavy atom. The first-order valence-corrected chi connectivity index (χ1v) is 6.37. The minimum Gasteiger partial charge on any atom is -0.299 e. The summed E-state index contributed by atoms with van der Waals surface area (Å²) in [6.45, 7) is 4.17. The Kier molecular flexibility index (Phi) is 3.51. The summed E-state index contributed by atoms with van der Waals surface area (Å²) in [7, 11) is 0. The number of rotatable bonds is 3. The van der Waals surface area contributed by atoms with Gasteiger partial charge in [0.05, 0.1) is 0 Å². The number of benzene rings is 1. The molecule has 1 aliphatic rings. The number of hydrogen-bond donors (Lipinski definition) is 0. The summed E-state index contributed by atoms with van der Waals surface area (Å²) in [5.41, 5.74) is 0.303. The van der Waals surface area contributed by atoms with E-state index in [1.807, 2.05) is 0 Å². The van der Waals surface area contributed by atoms with Crippen LogP contribution in [0.15, 0.2) is 18.2 Å².